The summed E-state index contributed by atoms with van der Waals surface area (Å²) in [4.78, 5) is 8.58. The fourth-order valence-corrected chi connectivity index (χ4v) is 2.98. The first kappa shape index (κ1) is 15.0. The van der Waals surface area contributed by atoms with Gasteiger partial charge in [0.2, 0.25) is 11.0 Å². The molecule has 0 aliphatic rings. The summed E-state index contributed by atoms with van der Waals surface area (Å²) in [5.41, 5.74) is 0.499. The van der Waals surface area contributed by atoms with Crippen molar-refractivity contribution in [1.82, 2.24) is 19.6 Å². The minimum atomic E-state index is -0.890. The Kier molecular flexibility index (Phi) is 4.16. The molecule has 22 heavy (non-hydrogen) atoms. The van der Waals surface area contributed by atoms with Gasteiger partial charge in [-0.3, -0.25) is 0 Å². The minimum absolute atomic E-state index is 0.104. The van der Waals surface area contributed by atoms with Crippen molar-refractivity contribution in [3.63, 3.8) is 0 Å². The fourth-order valence-electron chi connectivity index (χ4n) is 1.79. The van der Waals surface area contributed by atoms with Gasteiger partial charge in [-0.2, -0.15) is 9.50 Å². The van der Waals surface area contributed by atoms with Crippen LogP contribution in [0.25, 0.3) is 5.78 Å². The van der Waals surface area contributed by atoms with E-state index in [1.165, 1.54) is 34.5 Å². The number of halogens is 2. The topological polar surface area (TPSA) is 63.3 Å². The number of nitrogens with zero attached hydrogens (tertiary/aromatic N) is 4. The molecule has 1 N–H and O–H groups in total. The molecule has 0 spiro atoms. The molecule has 0 atom stereocenters. The summed E-state index contributed by atoms with van der Waals surface area (Å²) in [6, 6.07) is 5.42. The molecule has 0 aliphatic heterocycles. The van der Waals surface area contributed by atoms with Crippen molar-refractivity contribution in [2.75, 3.05) is 6.26 Å². The van der Waals surface area contributed by atoms with Crippen LogP contribution < -0.4 is 0 Å². The smallest absolute Gasteiger partial charge is 0.256 e. The monoisotopic (exact) mass is 340 g/mol. The third-order valence-electron chi connectivity index (χ3n) is 2.80. The summed E-state index contributed by atoms with van der Waals surface area (Å²) < 4.78 is 28.0. The van der Waals surface area contributed by atoms with Crippen LogP contribution in [-0.4, -0.2) is 30.9 Å². The molecule has 1 aromatic carbocycles. The Hall–Kier alpha value is -1.87. The molecular formula is C13H10F2N4OS2. The average molecular weight is 340 g/mol. The molecule has 0 radical (unpaired) electrons. The van der Waals surface area contributed by atoms with E-state index in [9.17, 15) is 13.9 Å². The van der Waals surface area contributed by atoms with Gasteiger partial charge in [0.1, 0.15) is 0 Å². The predicted molar refractivity (Wildman–Crippen MR) is 80.1 cm³/mol. The van der Waals surface area contributed by atoms with Gasteiger partial charge in [0.15, 0.2) is 11.6 Å². The molecular weight excluding hydrogens is 330 g/mol. The van der Waals surface area contributed by atoms with Crippen LogP contribution in [0.15, 0.2) is 34.3 Å². The van der Waals surface area contributed by atoms with Gasteiger partial charge >= 0.3 is 0 Å². The summed E-state index contributed by atoms with van der Waals surface area (Å²) in [5.74, 6) is -1.35. The van der Waals surface area contributed by atoms with Crippen molar-refractivity contribution < 1.29 is 13.9 Å². The fraction of sp³-hybridized carbons (Fsp3) is 0.154. The van der Waals surface area contributed by atoms with Gasteiger partial charge in [-0.1, -0.05) is 17.8 Å². The van der Waals surface area contributed by atoms with E-state index in [0.29, 0.717) is 10.9 Å². The largest absolute Gasteiger partial charge is 0.493 e. The Bertz CT molecular complexity index is 840. The quantitative estimate of drug-likeness (QED) is 0.736. The van der Waals surface area contributed by atoms with Crippen molar-refractivity contribution >= 4 is 29.3 Å². The molecule has 0 amide bonds. The van der Waals surface area contributed by atoms with E-state index >= 15 is 0 Å². The molecule has 3 aromatic rings. The molecule has 3 rings (SSSR count). The highest BCUT2D eigenvalue weighted by molar-refractivity contribution is 7.98. The lowest BCUT2D eigenvalue weighted by atomic mass is 10.3. The molecule has 5 nitrogen and oxygen atoms in total. The average Bonchev–Trinajstić information content (AvgIpc) is 2.92. The van der Waals surface area contributed by atoms with Crippen molar-refractivity contribution in [1.29, 1.82) is 0 Å². The first-order valence-electron chi connectivity index (χ1n) is 6.15. The Labute approximate surface area is 132 Å². The number of hydrogen-bond acceptors (Lipinski definition) is 6. The van der Waals surface area contributed by atoms with Crippen molar-refractivity contribution in [3.05, 3.63) is 41.6 Å². The van der Waals surface area contributed by atoms with Crippen LogP contribution in [-0.2, 0) is 5.75 Å². The standard InChI is InChI=1S/C13H10F2N4OS2/c1-21-13-17-12-16-7(5-10(20)19(12)18-13)6-22-9-4-2-3-8(14)11(9)15/h2-5,20H,6H2,1H3. The lowest BCUT2D eigenvalue weighted by Crippen LogP contribution is -1.96. The van der Waals surface area contributed by atoms with Crippen LogP contribution in [0.2, 0.25) is 0 Å². The molecule has 0 saturated heterocycles. The maximum atomic E-state index is 13.6. The highest BCUT2D eigenvalue weighted by Crippen LogP contribution is 2.27. The number of hydrogen-bond donors (Lipinski definition) is 1. The van der Waals surface area contributed by atoms with Crippen LogP contribution in [0.5, 0.6) is 5.88 Å². The maximum absolute atomic E-state index is 13.6. The SMILES string of the molecule is CSc1nc2nc(CSc3cccc(F)c3F)cc(O)n2n1. The normalized spacial score (nSPS) is 11.2. The molecule has 114 valence electrons. The second kappa shape index (κ2) is 6.09. The third kappa shape index (κ3) is 2.86. The van der Waals surface area contributed by atoms with Crippen molar-refractivity contribution in [2.45, 2.75) is 15.8 Å². The van der Waals surface area contributed by atoms with E-state index in [2.05, 4.69) is 15.1 Å². The maximum Gasteiger partial charge on any atom is 0.256 e. The molecule has 0 aliphatic carbocycles. The van der Waals surface area contributed by atoms with Crippen LogP contribution in [0.4, 0.5) is 8.78 Å². The molecule has 2 heterocycles. The number of benzene rings is 1. The van der Waals surface area contributed by atoms with Gasteiger partial charge in [-0.15, -0.1) is 16.9 Å². The Morgan fingerprint density at radius 1 is 1.27 bits per heavy atom. The molecule has 0 bridgehead atoms. The third-order valence-corrected chi connectivity index (χ3v) is 4.41. The lowest BCUT2D eigenvalue weighted by Gasteiger charge is -2.04. The lowest BCUT2D eigenvalue weighted by molar-refractivity contribution is 0.433. The van der Waals surface area contributed by atoms with Crippen molar-refractivity contribution in [2.24, 2.45) is 0 Å². The molecule has 0 saturated carbocycles. The summed E-state index contributed by atoms with van der Waals surface area (Å²) in [6.45, 7) is 0. The zero-order valence-electron chi connectivity index (χ0n) is 11.3. The van der Waals surface area contributed by atoms with Gasteiger partial charge in [0.05, 0.1) is 5.69 Å². The predicted octanol–water partition coefficient (Wildman–Crippen LogP) is 3.12. The number of rotatable bonds is 4. The number of aromatic nitrogens is 4. The second-order valence-electron chi connectivity index (χ2n) is 4.26. The highest BCUT2D eigenvalue weighted by Gasteiger charge is 2.12. The number of fused-ring (bicyclic) bond motifs is 1. The molecule has 9 heteroatoms. The van der Waals surface area contributed by atoms with E-state index in [1.54, 1.807) is 0 Å². The van der Waals surface area contributed by atoms with E-state index in [1.807, 2.05) is 6.26 Å². The Morgan fingerprint density at radius 2 is 2.09 bits per heavy atom. The first-order chi connectivity index (χ1) is 10.6. The number of thioether (sulfide) groups is 2. The van der Waals surface area contributed by atoms with Gasteiger partial charge in [-0.25, -0.2) is 13.8 Å². The first-order valence-corrected chi connectivity index (χ1v) is 8.36. The number of aromatic hydroxyl groups is 1. The van der Waals surface area contributed by atoms with E-state index in [0.717, 1.165) is 17.8 Å². The zero-order valence-corrected chi connectivity index (χ0v) is 13.0. The van der Waals surface area contributed by atoms with Crippen LogP contribution >= 0.6 is 23.5 Å². The molecule has 0 unspecified atom stereocenters. The second-order valence-corrected chi connectivity index (χ2v) is 6.05. The Morgan fingerprint density at radius 3 is 2.86 bits per heavy atom. The van der Waals surface area contributed by atoms with Crippen LogP contribution in [0.1, 0.15) is 5.69 Å². The summed E-state index contributed by atoms with van der Waals surface area (Å²) >= 11 is 2.43. The zero-order chi connectivity index (χ0) is 15.7. The summed E-state index contributed by atoms with van der Waals surface area (Å²) in [5, 5.41) is 14.5. The van der Waals surface area contributed by atoms with E-state index < -0.39 is 11.6 Å². The van der Waals surface area contributed by atoms with Crippen LogP contribution in [0.3, 0.4) is 0 Å². The molecule has 0 fully saturated rings. The van der Waals surface area contributed by atoms with Gasteiger partial charge < -0.3 is 5.11 Å². The van der Waals surface area contributed by atoms with Gasteiger partial charge in [-0.05, 0) is 18.4 Å². The van der Waals surface area contributed by atoms with E-state index in [4.69, 9.17) is 0 Å². The summed E-state index contributed by atoms with van der Waals surface area (Å²) in [6.07, 6.45) is 1.81. The van der Waals surface area contributed by atoms with Crippen molar-refractivity contribution in [3.8, 4) is 5.88 Å². The van der Waals surface area contributed by atoms with E-state index in [-0.39, 0.29) is 22.3 Å². The molecule has 2 aromatic heterocycles. The van der Waals surface area contributed by atoms with Gasteiger partial charge in [0.25, 0.3) is 5.78 Å². The Balaban J connectivity index is 1.86. The highest BCUT2D eigenvalue weighted by atomic mass is 32.2. The summed E-state index contributed by atoms with van der Waals surface area (Å²) in [7, 11) is 0. The van der Waals surface area contributed by atoms with Gasteiger partial charge in [0, 0.05) is 16.7 Å². The van der Waals surface area contributed by atoms with Crippen LogP contribution in [0, 0.1) is 11.6 Å². The minimum Gasteiger partial charge on any atom is -0.493 e.